The Bertz CT molecular complexity index is 2140. The minimum atomic E-state index is -5.19. The van der Waals surface area contributed by atoms with Crippen LogP contribution < -0.4 is 24.7 Å². The molecular formula is C49H70F3N4O16+3. The van der Waals surface area contributed by atoms with Gasteiger partial charge < -0.3 is 67.4 Å². The first-order valence-corrected chi connectivity index (χ1v) is 24.7. The molecule has 4 aliphatic heterocycles. The highest BCUT2D eigenvalue weighted by atomic mass is 19.4. The predicted molar refractivity (Wildman–Crippen MR) is 239 cm³/mol. The van der Waals surface area contributed by atoms with E-state index in [1.54, 1.807) is 26.0 Å². The summed E-state index contributed by atoms with van der Waals surface area (Å²) < 4.78 is 79.5. The molecule has 0 aromatic carbocycles. The molecular weight excluding hydrogens is 958 g/mol. The van der Waals surface area contributed by atoms with Crippen LogP contribution in [0.25, 0.3) is 0 Å². The zero-order valence-corrected chi connectivity index (χ0v) is 41.9. The molecule has 12 atom stereocenters. The van der Waals surface area contributed by atoms with E-state index in [-0.39, 0.29) is 19.6 Å². The molecule has 1 saturated carbocycles. The van der Waals surface area contributed by atoms with Crippen LogP contribution in [0.2, 0.25) is 0 Å². The number of carbonyl (C=O) groups excluding carboxylic acids is 7. The van der Waals surface area contributed by atoms with E-state index in [1.807, 2.05) is 38.2 Å². The highest BCUT2D eigenvalue weighted by Crippen LogP contribution is 2.62. The Kier molecular flexibility index (Phi) is 18.9. The molecule has 3 saturated heterocycles. The summed E-state index contributed by atoms with van der Waals surface area (Å²) in [5.74, 6) is -11.7. The number of rotatable bonds is 12. The van der Waals surface area contributed by atoms with Gasteiger partial charge in [-0.15, -0.1) is 0 Å². The lowest BCUT2D eigenvalue weighted by Gasteiger charge is -2.49. The quantitative estimate of drug-likeness (QED) is 0.0621. The van der Waals surface area contributed by atoms with Gasteiger partial charge in [0.15, 0.2) is 6.10 Å². The van der Waals surface area contributed by atoms with E-state index in [0.717, 1.165) is 52.4 Å². The third kappa shape index (κ3) is 13.1. The van der Waals surface area contributed by atoms with Gasteiger partial charge in [-0.1, -0.05) is 50.3 Å². The van der Waals surface area contributed by atoms with Gasteiger partial charge in [0.2, 0.25) is 0 Å². The molecule has 0 aromatic rings. The number of likely N-dealkylation sites (N-methyl/N-ethyl adjacent to an activating group) is 2. The summed E-state index contributed by atoms with van der Waals surface area (Å²) in [7, 11) is 5.68. The average molecular weight is 1030 g/mol. The smallest absolute Gasteiger partial charge is 0.430 e. The second kappa shape index (κ2) is 24.2. The minimum Gasteiger partial charge on any atom is -0.542 e. The van der Waals surface area contributed by atoms with Crippen LogP contribution in [-0.2, 0) is 71.5 Å². The number of nitrogens with one attached hydrogen (secondary N) is 4. The number of carboxylic acids is 1. The largest absolute Gasteiger partial charge is 0.542 e. The van der Waals surface area contributed by atoms with Crippen LogP contribution in [0.15, 0.2) is 47.6 Å². The molecule has 4 heterocycles. The number of carbonyl (C=O) groups is 7. The number of quaternary nitrogens is 4. The molecule has 2 unspecified atom stereocenters. The van der Waals surface area contributed by atoms with Crippen molar-refractivity contribution in [1.29, 1.82) is 0 Å². The number of carboxylic acid groups (broad SMARTS) is 1. The van der Waals surface area contributed by atoms with Crippen LogP contribution in [0.3, 0.4) is 0 Å². The van der Waals surface area contributed by atoms with Gasteiger partial charge in [-0.25, -0.2) is 28.8 Å². The van der Waals surface area contributed by atoms with Crippen LogP contribution in [-0.4, -0.2) is 190 Å². The lowest BCUT2D eigenvalue weighted by Crippen LogP contribution is -3.27. The Labute approximate surface area is 416 Å². The van der Waals surface area contributed by atoms with E-state index < -0.39 is 120 Å². The Morgan fingerprint density at radius 3 is 1.94 bits per heavy atom. The van der Waals surface area contributed by atoms with Crippen LogP contribution in [0.4, 0.5) is 13.2 Å². The molecule has 7 rings (SSSR count). The maximum atomic E-state index is 14.0. The maximum Gasteiger partial charge on any atom is 0.430 e. The Morgan fingerprint density at radius 1 is 0.847 bits per heavy atom. The van der Waals surface area contributed by atoms with Crippen LogP contribution in [0, 0.1) is 29.6 Å². The van der Waals surface area contributed by atoms with E-state index >= 15 is 0 Å². The summed E-state index contributed by atoms with van der Waals surface area (Å²) in [6.45, 7) is 16.1. The number of hydrogen-bond acceptors (Lipinski definition) is 16. The second-order valence-corrected chi connectivity index (χ2v) is 20.0. The highest BCUT2D eigenvalue weighted by Gasteiger charge is 2.70. The molecule has 4 N–H and O–H groups in total. The van der Waals surface area contributed by atoms with Gasteiger partial charge in [-0.05, 0) is 32.3 Å². The first-order chi connectivity index (χ1) is 34.0. The molecule has 72 heavy (non-hydrogen) atoms. The Morgan fingerprint density at radius 2 is 1.42 bits per heavy atom. The first kappa shape index (κ1) is 56.1. The van der Waals surface area contributed by atoms with Gasteiger partial charge in [0.1, 0.15) is 121 Å². The monoisotopic (exact) mass is 1030 g/mol. The minimum absolute atomic E-state index is 0.0562. The topological polar surface area (TPSA) is 234 Å². The number of piperazine rings is 2. The van der Waals surface area contributed by atoms with E-state index in [4.69, 9.17) is 47.8 Å². The van der Waals surface area contributed by atoms with E-state index in [0.29, 0.717) is 30.7 Å². The van der Waals surface area contributed by atoms with Crippen molar-refractivity contribution >= 4 is 41.8 Å². The summed E-state index contributed by atoms with van der Waals surface area (Å²) >= 11 is 0. The zero-order chi connectivity index (χ0) is 52.7. The number of cyclic esters (lactones) is 1. The average Bonchev–Trinajstić information content (AvgIpc) is 3.94. The molecule has 3 aliphatic carbocycles. The molecule has 23 heteroatoms. The Balaban J connectivity index is 0.00000113. The second-order valence-electron chi connectivity index (χ2n) is 20.0. The van der Waals surface area contributed by atoms with Crippen molar-refractivity contribution in [2.45, 2.75) is 88.9 Å². The molecule has 0 radical (unpaired) electrons. The van der Waals surface area contributed by atoms with Gasteiger partial charge in [0.25, 0.3) is 0 Å². The zero-order valence-electron chi connectivity index (χ0n) is 41.9. The van der Waals surface area contributed by atoms with Crippen molar-refractivity contribution in [1.82, 2.24) is 0 Å². The van der Waals surface area contributed by atoms with Gasteiger partial charge >= 0.3 is 42.0 Å². The third-order valence-electron chi connectivity index (χ3n) is 15.2. The van der Waals surface area contributed by atoms with Gasteiger partial charge in [-0.2, -0.15) is 13.2 Å². The summed E-state index contributed by atoms with van der Waals surface area (Å²) in [4.78, 5) is 95.0. The van der Waals surface area contributed by atoms with E-state index in [1.165, 1.54) is 26.7 Å². The van der Waals surface area contributed by atoms with Crippen molar-refractivity contribution in [2.75, 3.05) is 99.9 Å². The van der Waals surface area contributed by atoms with Crippen molar-refractivity contribution in [2.24, 2.45) is 29.6 Å². The summed E-state index contributed by atoms with van der Waals surface area (Å²) in [6, 6.07) is 0. The lowest BCUT2D eigenvalue weighted by atomic mass is 9.57. The number of halogens is 3. The summed E-state index contributed by atoms with van der Waals surface area (Å²) in [5, 5.41) is 8.78. The van der Waals surface area contributed by atoms with Gasteiger partial charge in [0.05, 0.1) is 14.1 Å². The van der Waals surface area contributed by atoms with Crippen LogP contribution in [0.5, 0.6) is 0 Å². The summed E-state index contributed by atoms with van der Waals surface area (Å²) in [5.41, 5.74) is -0.0956. The van der Waals surface area contributed by atoms with Crippen molar-refractivity contribution in [3.63, 3.8) is 0 Å². The molecule has 400 valence electrons. The number of alkyl halides is 3. The highest BCUT2D eigenvalue weighted by molar-refractivity contribution is 6.30. The molecule has 4 fully saturated rings. The third-order valence-corrected chi connectivity index (χ3v) is 15.2. The molecule has 7 aliphatic rings. The van der Waals surface area contributed by atoms with Crippen molar-refractivity contribution in [3.8, 4) is 0 Å². The molecule has 0 aromatic heterocycles. The first-order valence-electron chi connectivity index (χ1n) is 24.7. The number of methoxy groups -OCH3 is 1. The Hall–Kier alpha value is -5.20. The molecule has 4 bridgehead atoms. The number of ether oxygens (including phenoxy) is 8. The van der Waals surface area contributed by atoms with Crippen LogP contribution >= 0.6 is 0 Å². The molecule has 0 amide bonds. The normalized spacial score (nSPS) is 36.1. The van der Waals surface area contributed by atoms with Gasteiger partial charge in [-0.3, -0.25) is 0 Å². The van der Waals surface area contributed by atoms with E-state index in [9.17, 15) is 41.9 Å². The van der Waals surface area contributed by atoms with Crippen molar-refractivity contribution < 1.29 is 109 Å². The lowest BCUT2D eigenvalue weighted by molar-refractivity contribution is -1.00. The van der Waals surface area contributed by atoms with Crippen LogP contribution in [0.1, 0.15) is 40.5 Å². The fourth-order valence-corrected chi connectivity index (χ4v) is 11.1. The fourth-order valence-electron chi connectivity index (χ4n) is 11.1. The molecule has 20 nitrogen and oxygen atoms in total. The number of allylic oxidation sites excluding steroid dienone is 3. The summed E-state index contributed by atoms with van der Waals surface area (Å²) in [6.07, 6.45) is 0.546. The van der Waals surface area contributed by atoms with Crippen molar-refractivity contribution in [3.05, 3.63) is 47.6 Å². The predicted octanol–water partition coefficient (Wildman–Crippen LogP) is -5.04. The standard InChI is InChI=1S/C47H66N4O14.C2HF3O2/c1-28-26-29(2)47-33(27-35(58-7)42(53)62-37(28)31(4)61-45(56)43(54)59-24-22-50-18-14-48(5)15-19-50)12-13-34-36(47)38(30(3)39(40(34)65-47)64-41(52)32-10-8-9-11-32)63-46(57)44(55)60-25-23-51-20-16-49(6)17-21-51;3-2(4,5)1(6)7/h8-10,12-13,26,28,30-31,33-40H,11,14-25,27H2,1-7H3;(H,6,7)/p+3/b29-26+;/t28-,30-,31-,33-,34?,35+,36?,37+,38-,39-,40-,47+;/m1./s1. The van der Waals surface area contributed by atoms with E-state index in [2.05, 4.69) is 14.1 Å². The number of aliphatic carboxylic acids is 1. The molecule has 1 spiro atoms. The number of esters is 6. The SMILES string of the molecule is CO[C@H]1C[C@H]2C=CC3C4[C@H](OC(=O)C(=O)OCC[NH+]5CC[NH+](C)CC5)[C@@H](C)[C@@H](OC(=O)C5=CC=CC5)[C@@H]3O[C@]42/C(C)=C/[C@@H](C)[C@@H]([C@@H](C)OC(=O)C(=O)OCC[NH+]2CC[NH+](C)CC2)OC1=O.O=C([O-])C(F)(F)F. The fraction of sp³-hybridized carbons (Fsp3) is 0.694. The van der Waals surface area contributed by atoms with Gasteiger partial charge in [0, 0.05) is 42.3 Å². The number of hydrogen-bond donors (Lipinski definition) is 4. The maximum absolute atomic E-state index is 14.0.